The van der Waals surface area contributed by atoms with Crippen molar-refractivity contribution in [2.45, 2.75) is 32.1 Å². The monoisotopic (exact) mass is 405 g/mol. The van der Waals surface area contributed by atoms with Gasteiger partial charge in [-0.3, -0.25) is 4.98 Å². The Bertz CT molecular complexity index is 1080. The first-order chi connectivity index (χ1) is 14.6. The number of methoxy groups -OCH3 is 1. The van der Waals surface area contributed by atoms with Gasteiger partial charge in [-0.15, -0.1) is 0 Å². The van der Waals surface area contributed by atoms with Gasteiger partial charge in [-0.25, -0.2) is 9.18 Å². The van der Waals surface area contributed by atoms with Gasteiger partial charge in [0.05, 0.1) is 19.3 Å². The number of halogens is 1. The summed E-state index contributed by atoms with van der Waals surface area (Å²) in [5.74, 6) is 0.630. The molecule has 4 rings (SSSR count). The molecule has 1 aliphatic heterocycles. The van der Waals surface area contributed by atoms with Crippen molar-refractivity contribution in [1.82, 2.24) is 4.98 Å². The van der Waals surface area contributed by atoms with Crippen LogP contribution in [0, 0.1) is 12.7 Å². The fourth-order valence-electron chi connectivity index (χ4n) is 4.12. The average Bonchev–Trinajstić information content (AvgIpc) is 2.78. The highest BCUT2D eigenvalue weighted by molar-refractivity contribution is 5.90. The third-order valence-electron chi connectivity index (χ3n) is 5.83. The van der Waals surface area contributed by atoms with E-state index in [-0.39, 0.29) is 11.8 Å². The quantitative estimate of drug-likeness (QED) is 0.527. The second-order valence-electron chi connectivity index (χ2n) is 7.56. The summed E-state index contributed by atoms with van der Waals surface area (Å²) < 4.78 is 24.8. The number of rotatable bonds is 5. The molecule has 0 bridgehead atoms. The number of nitrogens with zero attached hydrogens (tertiary/aromatic N) is 1. The first kappa shape index (κ1) is 20.1. The van der Waals surface area contributed by atoms with Crippen molar-refractivity contribution in [2.75, 3.05) is 13.7 Å². The minimum atomic E-state index is -0.338. The fraction of sp³-hybridized carbons (Fsp3) is 0.280. The molecule has 0 radical (unpaired) electrons. The summed E-state index contributed by atoms with van der Waals surface area (Å²) in [4.78, 5) is 16.2. The Hall–Kier alpha value is -3.21. The molecule has 0 amide bonds. The van der Waals surface area contributed by atoms with Crippen LogP contribution >= 0.6 is 0 Å². The molecule has 0 unspecified atom stereocenters. The van der Waals surface area contributed by atoms with Crippen molar-refractivity contribution in [2.24, 2.45) is 0 Å². The predicted octanol–water partition coefficient (Wildman–Crippen LogP) is 5.48. The van der Waals surface area contributed by atoms with Gasteiger partial charge < -0.3 is 9.47 Å². The van der Waals surface area contributed by atoms with E-state index in [0.717, 1.165) is 47.3 Å². The summed E-state index contributed by atoms with van der Waals surface area (Å²) in [6.45, 7) is 2.43. The molecule has 0 spiro atoms. The van der Waals surface area contributed by atoms with E-state index in [4.69, 9.17) is 9.47 Å². The summed E-state index contributed by atoms with van der Waals surface area (Å²) in [5, 5.41) is 0. The van der Waals surface area contributed by atoms with Crippen LogP contribution in [0.15, 0.2) is 54.9 Å². The van der Waals surface area contributed by atoms with Gasteiger partial charge in [-0.05, 0) is 78.1 Å². The highest BCUT2D eigenvalue weighted by atomic mass is 19.1. The van der Waals surface area contributed by atoms with Crippen LogP contribution in [0.1, 0.15) is 45.8 Å². The van der Waals surface area contributed by atoms with Crippen LogP contribution in [0.2, 0.25) is 0 Å². The summed E-state index contributed by atoms with van der Waals surface area (Å²) in [5.41, 5.74) is 5.08. The molecule has 0 N–H and O–H groups in total. The van der Waals surface area contributed by atoms with E-state index in [9.17, 15) is 9.18 Å². The Morgan fingerprint density at radius 3 is 2.97 bits per heavy atom. The first-order valence-electron chi connectivity index (χ1n) is 10.1. The van der Waals surface area contributed by atoms with Crippen molar-refractivity contribution in [1.29, 1.82) is 0 Å². The molecule has 30 heavy (non-hydrogen) atoms. The van der Waals surface area contributed by atoms with Gasteiger partial charge >= 0.3 is 5.97 Å². The summed E-state index contributed by atoms with van der Waals surface area (Å²) in [6.07, 6.45) is 5.87. The Morgan fingerprint density at radius 2 is 2.13 bits per heavy atom. The molecule has 3 aromatic rings. The maximum Gasteiger partial charge on any atom is 0.338 e. The number of carbonyl (C=O) groups is 1. The van der Waals surface area contributed by atoms with E-state index in [1.807, 2.05) is 18.2 Å². The Morgan fingerprint density at radius 1 is 1.27 bits per heavy atom. The second-order valence-corrected chi connectivity index (χ2v) is 7.56. The van der Waals surface area contributed by atoms with E-state index >= 15 is 0 Å². The third kappa shape index (κ3) is 3.92. The van der Waals surface area contributed by atoms with Crippen LogP contribution in [0.4, 0.5) is 4.39 Å². The van der Waals surface area contributed by atoms with Gasteiger partial charge in [0.1, 0.15) is 11.6 Å². The van der Waals surface area contributed by atoms with Crippen LogP contribution < -0.4 is 4.74 Å². The molecule has 154 valence electrons. The van der Waals surface area contributed by atoms with Gasteiger partial charge in [0, 0.05) is 12.4 Å². The normalized spacial score (nSPS) is 15.2. The lowest BCUT2D eigenvalue weighted by Gasteiger charge is -2.27. The Kier molecular flexibility index (Phi) is 5.79. The number of fused-ring (bicyclic) bond motifs is 1. The minimum absolute atomic E-state index is 0.207. The van der Waals surface area contributed by atoms with Crippen LogP contribution in [0.5, 0.6) is 5.75 Å². The molecule has 4 nitrogen and oxygen atoms in total. The number of esters is 1. The zero-order chi connectivity index (χ0) is 21.1. The molecule has 2 aromatic carbocycles. The lowest BCUT2D eigenvalue weighted by atomic mass is 9.86. The van der Waals surface area contributed by atoms with Gasteiger partial charge in [0.15, 0.2) is 0 Å². The summed E-state index contributed by atoms with van der Waals surface area (Å²) in [6, 6.07) is 13.0. The van der Waals surface area contributed by atoms with E-state index in [1.54, 1.807) is 31.5 Å². The van der Waals surface area contributed by atoms with Crippen molar-refractivity contribution in [3.8, 4) is 16.9 Å². The first-order valence-corrected chi connectivity index (χ1v) is 10.1. The Balaban J connectivity index is 1.57. The van der Waals surface area contributed by atoms with E-state index in [2.05, 4.69) is 11.1 Å². The highest BCUT2D eigenvalue weighted by Gasteiger charge is 2.23. The maximum absolute atomic E-state index is 14.0. The van der Waals surface area contributed by atoms with Crippen molar-refractivity contribution >= 4 is 5.97 Å². The Labute approximate surface area is 175 Å². The van der Waals surface area contributed by atoms with E-state index < -0.39 is 0 Å². The number of carbonyl (C=O) groups excluding carboxylic acids is 1. The SMILES string of the molecule is COC(=O)c1ccncc1CC[C@@H]1CCOc2cc(-c3cccc(F)c3C)ccc21. The largest absolute Gasteiger partial charge is 0.493 e. The summed E-state index contributed by atoms with van der Waals surface area (Å²) >= 11 is 0. The molecule has 1 aliphatic rings. The lowest BCUT2D eigenvalue weighted by Crippen LogP contribution is -2.15. The third-order valence-corrected chi connectivity index (χ3v) is 5.83. The van der Waals surface area contributed by atoms with Crippen molar-refractivity contribution in [3.63, 3.8) is 0 Å². The van der Waals surface area contributed by atoms with Crippen LogP contribution in [0.3, 0.4) is 0 Å². The molecule has 5 heteroatoms. The molecular weight excluding hydrogens is 381 g/mol. The standard InChI is InChI=1S/C25H24FNO3/c1-16-20(4-3-5-23(16)26)18-8-9-21-17(11-13-30-24(21)14-18)6-7-19-15-27-12-10-22(19)25(28)29-2/h3-5,8-10,12,14-15,17H,6-7,11,13H2,1-2H3/t17-/m1/s1. The number of pyridine rings is 1. The van der Waals surface area contributed by atoms with Crippen molar-refractivity contribution in [3.05, 3.63) is 82.9 Å². The molecule has 1 aromatic heterocycles. The van der Waals surface area contributed by atoms with Gasteiger partial charge in [0.25, 0.3) is 0 Å². The smallest absolute Gasteiger partial charge is 0.338 e. The van der Waals surface area contributed by atoms with Crippen LogP contribution in [-0.2, 0) is 11.2 Å². The zero-order valence-corrected chi connectivity index (χ0v) is 17.2. The van der Waals surface area contributed by atoms with E-state index in [1.165, 1.54) is 13.2 Å². The maximum atomic E-state index is 14.0. The number of aromatic nitrogens is 1. The van der Waals surface area contributed by atoms with Gasteiger partial charge in [-0.2, -0.15) is 0 Å². The van der Waals surface area contributed by atoms with Crippen LogP contribution in [0.25, 0.3) is 11.1 Å². The van der Waals surface area contributed by atoms with Gasteiger partial charge in [-0.1, -0.05) is 24.3 Å². The zero-order valence-electron chi connectivity index (χ0n) is 17.2. The molecular formula is C25H24FNO3. The number of hydrogen-bond donors (Lipinski definition) is 0. The topological polar surface area (TPSA) is 48.4 Å². The number of aryl methyl sites for hydroxylation is 1. The molecule has 0 saturated heterocycles. The molecule has 1 atom stereocenters. The molecule has 0 fully saturated rings. The molecule has 0 aliphatic carbocycles. The highest BCUT2D eigenvalue weighted by Crippen LogP contribution is 2.39. The number of ether oxygens (including phenoxy) is 2. The molecule has 2 heterocycles. The molecule has 0 saturated carbocycles. The average molecular weight is 405 g/mol. The number of benzene rings is 2. The lowest BCUT2D eigenvalue weighted by molar-refractivity contribution is 0.0599. The number of hydrogen-bond acceptors (Lipinski definition) is 4. The second kappa shape index (κ2) is 8.66. The van der Waals surface area contributed by atoms with Crippen LogP contribution in [-0.4, -0.2) is 24.7 Å². The van der Waals surface area contributed by atoms with Gasteiger partial charge in [0.2, 0.25) is 0 Å². The van der Waals surface area contributed by atoms with Crippen molar-refractivity contribution < 1.29 is 18.7 Å². The minimum Gasteiger partial charge on any atom is -0.493 e. The van der Waals surface area contributed by atoms with E-state index in [0.29, 0.717) is 23.7 Å². The fourth-order valence-corrected chi connectivity index (χ4v) is 4.12. The predicted molar refractivity (Wildman–Crippen MR) is 113 cm³/mol. The summed E-state index contributed by atoms with van der Waals surface area (Å²) in [7, 11) is 1.39.